The highest BCUT2D eigenvalue weighted by Crippen LogP contribution is 2.25. The van der Waals surface area contributed by atoms with Crippen LogP contribution in [0.25, 0.3) is 10.9 Å². The molecule has 0 aliphatic rings. The monoisotopic (exact) mass is 320 g/mol. The molecule has 0 fully saturated rings. The highest BCUT2D eigenvalue weighted by molar-refractivity contribution is 7.91. The van der Waals surface area contributed by atoms with Gasteiger partial charge in [-0.3, -0.25) is 4.72 Å². The number of hydrogen-bond acceptors (Lipinski definition) is 2. The molecule has 3 rings (SSSR count). The first-order valence-corrected chi connectivity index (χ1v) is 8.38. The van der Waals surface area contributed by atoms with Crippen LogP contribution in [0.2, 0.25) is 5.02 Å². The molecule has 0 unspecified atom stereocenters. The van der Waals surface area contributed by atoms with Crippen molar-refractivity contribution in [3.05, 3.63) is 65.3 Å². The standard InChI is InChI=1S/C15H13ClN2O2S/c16-13-5-2-1-4-11(13)10-21(19,20)18-15-7-3-6-14-12(15)8-9-17-14/h1-9,17-18H,10H2. The Balaban J connectivity index is 1.90. The average molecular weight is 321 g/mol. The first kappa shape index (κ1) is 14.0. The van der Waals surface area contributed by atoms with E-state index in [-0.39, 0.29) is 5.75 Å². The molecule has 0 amide bonds. The van der Waals surface area contributed by atoms with Crippen LogP contribution in [-0.4, -0.2) is 13.4 Å². The second kappa shape index (κ2) is 5.42. The Hall–Kier alpha value is -1.98. The summed E-state index contributed by atoms with van der Waals surface area (Å²) >= 11 is 6.01. The lowest BCUT2D eigenvalue weighted by atomic mass is 10.2. The van der Waals surface area contributed by atoms with Crippen molar-refractivity contribution < 1.29 is 8.42 Å². The van der Waals surface area contributed by atoms with Gasteiger partial charge in [-0.2, -0.15) is 0 Å². The van der Waals surface area contributed by atoms with Crippen LogP contribution in [0, 0.1) is 0 Å². The molecule has 0 spiro atoms. The Bertz CT molecular complexity index is 887. The zero-order valence-electron chi connectivity index (χ0n) is 11.0. The predicted octanol–water partition coefficient (Wildman–Crippen LogP) is 3.76. The van der Waals surface area contributed by atoms with Crippen molar-refractivity contribution in [2.45, 2.75) is 5.75 Å². The van der Waals surface area contributed by atoms with Crippen LogP contribution >= 0.6 is 11.6 Å². The van der Waals surface area contributed by atoms with Crippen LogP contribution in [-0.2, 0) is 15.8 Å². The van der Waals surface area contributed by atoms with Gasteiger partial charge in [-0.1, -0.05) is 35.9 Å². The van der Waals surface area contributed by atoms with E-state index < -0.39 is 10.0 Å². The lowest BCUT2D eigenvalue weighted by Crippen LogP contribution is -2.15. The minimum absolute atomic E-state index is 0.159. The van der Waals surface area contributed by atoms with Crippen molar-refractivity contribution in [2.24, 2.45) is 0 Å². The average Bonchev–Trinajstić information content (AvgIpc) is 2.90. The van der Waals surface area contributed by atoms with Crippen LogP contribution in [0.15, 0.2) is 54.7 Å². The molecular weight excluding hydrogens is 308 g/mol. The van der Waals surface area contributed by atoms with Crippen molar-refractivity contribution in [3.63, 3.8) is 0 Å². The molecule has 0 aliphatic heterocycles. The third-order valence-corrected chi connectivity index (χ3v) is 4.75. The number of nitrogens with one attached hydrogen (secondary N) is 2. The summed E-state index contributed by atoms with van der Waals surface area (Å²) in [6.07, 6.45) is 1.77. The molecule has 1 aromatic heterocycles. The van der Waals surface area contributed by atoms with Gasteiger partial charge >= 0.3 is 0 Å². The molecule has 108 valence electrons. The maximum Gasteiger partial charge on any atom is 0.236 e. The maximum atomic E-state index is 12.3. The number of aromatic nitrogens is 1. The van der Waals surface area contributed by atoms with E-state index in [2.05, 4.69) is 9.71 Å². The lowest BCUT2D eigenvalue weighted by molar-refractivity contribution is 0.600. The van der Waals surface area contributed by atoms with Crippen molar-refractivity contribution in [2.75, 3.05) is 4.72 Å². The number of fused-ring (bicyclic) bond motifs is 1. The molecule has 6 heteroatoms. The Morgan fingerprint density at radius 3 is 2.67 bits per heavy atom. The van der Waals surface area contributed by atoms with Gasteiger partial charge in [0.25, 0.3) is 0 Å². The van der Waals surface area contributed by atoms with Crippen molar-refractivity contribution in [1.82, 2.24) is 4.98 Å². The Labute approximate surface area is 127 Å². The molecule has 0 radical (unpaired) electrons. The number of H-pyrrole nitrogens is 1. The highest BCUT2D eigenvalue weighted by Gasteiger charge is 2.15. The van der Waals surface area contributed by atoms with E-state index >= 15 is 0 Å². The minimum Gasteiger partial charge on any atom is -0.361 e. The summed E-state index contributed by atoms with van der Waals surface area (Å²) < 4.78 is 27.2. The van der Waals surface area contributed by atoms with Gasteiger partial charge in [-0.25, -0.2) is 8.42 Å². The molecule has 0 bridgehead atoms. The summed E-state index contributed by atoms with van der Waals surface area (Å²) in [5.74, 6) is -0.159. The maximum absolute atomic E-state index is 12.3. The fraction of sp³-hybridized carbons (Fsp3) is 0.0667. The third-order valence-electron chi connectivity index (χ3n) is 3.16. The summed E-state index contributed by atoms with van der Waals surface area (Å²) in [5, 5.41) is 1.28. The van der Waals surface area contributed by atoms with Gasteiger partial charge in [0.1, 0.15) is 0 Å². The smallest absolute Gasteiger partial charge is 0.236 e. The molecule has 4 nitrogen and oxygen atoms in total. The van der Waals surface area contributed by atoms with Crippen LogP contribution in [0.3, 0.4) is 0 Å². The fourth-order valence-electron chi connectivity index (χ4n) is 2.20. The molecule has 2 aromatic carbocycles. The molecule has 1 heterocycles. The predicted molar refractivity (Wildman–Crippen MR) is 86.0 cm³/mol. The normalized spacial score (nSPS) is 11.7. The third kappa shape index (κ3) is 3.04. The Kier molecular flexibility index (Phi) is 3.61. The number of halogens is 1. The number of rotatable bonds is 4. The molecule has 0 saturated carbocycles. The van der Waals surface area contributed by atoms with Crippen LogP contribution in [0.1, 0.15) is 5.56 Å². The van der Waals surface area contributed by atoms with E-state index in [9.17, 15) is 8.42 Å². The number of sulfonamides is 1. The highest BCUT2D eigenvalue weighted by atomic mass is 35.5. The zero-order chi connectivity index (χ0) is 14.9. The van der Waals surface area contributed by atoms with E-state index in [4.69, 9.17) is 11.6 Å². The second-order valence-electron chi connectivity index (χ2n) is 4.70. The number of hydrogen-bond donors (Lipinski definition) is 2. The van der Waals surface area contributed by atoms with Crippen LogP contribution < -0.4 is 4.72 Å². The summed E-state index contributed by atoms with van der Waals surface area (Å²) in [7, 11) is -3.53. The van der Waals surface area contributed by atoms with E-state index in [1.54, 1.807) is 42.6 Å². The van der Waals surface area contributed by atoms with Crippen molar-refractivity contribution in [3.8, 4) is 0 Å². The largest absolute Gasteiger partial charge is 0.361 e. The van der Waals surface area contributed by atoms with Crippen molar-refractivity contribution in [1.29, 1.82) is 0 Å². The van der Waals surface area contributed by atoms with Gasteiger partial charge in [0.05, 0.1) is 11.4 Å². The topological polar surface area (TPSA) is 62.0 Å². The van der Waals surface area contributed by atoms with E-state index in [0.717, 1.165) is 10.9 Å². The zero-order valence-corrected chi connectivity index (χ0v) is 12.6. The van der Waals surface area contributed by atoms with Gasteiger partial charge in [-0.15, -0.1) is 0 Å². The quantitative estimate of drug-likeness (QED) is 0.768. The molecule has 0 saturated heterocycles. The van der Waals surface area contributed by atoms with Crippen LogP contribution in [0.5, 0.6) is 0 Å². The summed E-state index contributed by atoms with van der Waals surface area (Å²) in [6, 6.07) is 14.2. The SMILES string of the molecule is O=S(=O)(Cc1ccccc1Cl)Nc1cccc2[nH]ccc12. The van der Waals surface area contributed by atoms with Gasteiger partial charge in [0, 0.05) is 22.1 Å². The first-order chi connectivity index (χ1) is 10.1. The van der Waals surface area contributed by atoms with E-state index in [1.165, 1.54) is 0 Å². The molecule has 3 aromatic rings. The Morgan fingerprint density at radius 1 is 1.05 bits per heavy atom. The lowest BCUT2D eigenvalue weighted by Gasteiger charge is -2.10. The number of anilines is 1. The fourth-order valence-corrected chi connectivity index (χ4v) is 3.73. The molecule has 21 heavy (non-hydrogen) atoms. The van der Waals surface area contributed by atoms with E-state index in [0.29, 0.717) is 16.3 Å². The van der Waals surface area contributed by atoms with Gasteiger partial charge < -0.3 is 4.98 Å². The number of benzene rings is 2. The summed E-state index contributed by atoms with van der Waals surface area (Å²) in [6.45, 7) is 0. The van der Waals surface area contributed by atoms with Gasteiger partial charge in [-0.05, 0) is 29.8 Å². The van der Waals surface area contributed by atoms with Gasteiger partial charge in [0.2, 0.25) is 10.0 Å². The van der Waals surface area contributed by atoms with Crippen molar-refractivity contribution >= 4 is 38.2 Å². The first-order valence-electron chi connectivity index (χ1n) is 6.35. The summed E-state index contributed by atoms with van der Waals surface area (Å²) in [4.78, 5) is 3.05. The Morgan fingerprint density at radius 2 is 1.86 bits per heavy atom. The second-order valence-corrected chi connectivity index (χ2v) is 6.83. The number of aromatic amines is 1. The van der Waals surface area contributed by atoms with Crippen LogP contribution in [0.4, 0.5) is 5.69 Å². The van der Waals surface area contributed by atoms with Gasteiger partial charge in [0.15, 0.2) is 0 Å². The molecule has 0 aliphatic carbocycles. The molecule has 0 atom stereocenters. The summed E-state index contributed by atoms with van der Waals surface area (Å²) in [5.41, 5.74) is 2.02. The molecular formula is C15H13ClN2O2S. The minimum atomic E-state index is -3.53. The molecule has 2 N–H and O–H groups in total. The van der Waals surface area contributed by atoms with E-state index in [1.807, 2.05) is 12.1 Å².